The van der Waals surface area contributed by atoms with Gasteiger partial charge in [-0.2, -0.15) is 0 Å². The van der Waals surface area contributed by atoms with Crippen LogP contribution < -0.4 is 0 Å². The van der Waals surface area contributed by atoms with E-state index in [0.29, 0.717) is 13.2 Å². The molecule has 0 amide bonds. The molecule has 0 unspecified atom stereocenters. The van der Waals surface area contributed by atoms with E-state index < -0.39 is 0 Å². The van der Waals surface area contributed by atoms with Crippen LogP contribution in [0.1, 0.15) is 181 Å². The molecule has 4 heteroatoms. The molecule has 44 heavy (non-hydrogen) atoms. The second kappa shape index (κ2) is 37.1. The van der Waals surface area contributed by atoms with Gasteiger partial charge in [0, 0.05) is 0 Å². The molecule has 254 valence electrons. The van der Waals surface area contributed by atoms with Crippen molar-refractivity contribution in [3.05, 3.63) is 48.6 Å². The summed E-state index contributed by atoms with van der Waals surface area (Å²) in [5.74, 6) is -0.587. The van der Waals surface area contributed by atoms with Gasteiger partial charge >= 0.3 is 11.9 Å². The lowest BCUT2D eigenvalue weighted by atomic mass is 10.1. The van der Waals surface area contributed by atoms with E-state index in [1.165, 1.54) is 116 Å². The molecule has 0 saturated carbocycles. The van der Waals surface area contributed by atoms with Crippen LogP contribution in [0.3, 0.4) is 0 Å². The molecule has 0 bridgehead atoms. The van der Waals surface area contributed by atoms with Crippen LogP contribution >= 0.6 is 0 Å². The fourth-order valence-corrected chi connectivity index (χ4v) is 4.90. The van der Waals surface area contributed by atoms with Crippen LogP contribution in [0.4, 0.5) is 0 Å². The quantitative estimate of drug-likeness (QED) is 0.0419. The SMILES string of the molecule is CCCCC/C=C\C/C=C\CCCCCCCCOC(=O)CCC(=O)OCCCCCCCC/C=C\C/C=C\CCCCC. The van der Waals surface area contributed by atoms with Gasteiger partial charge in [-0.05, 0) is 77.0 Å². The number of unbranched alkanes of at least 4 members (excludes halogenated alkanes) is 18. The van der Waals surface area contributed by atoms with Gasteiger partial charge in [-0.1, -0.05) is 140 Å². The Kier molecular flexibility index (Phi) is 35.3. The fraction of sp³-hybridized carbons (Fsp3) is 0.750. The molecule has 0 saturated heterocycles. The lowest BCUT2D eigenvalue weighted by molar-refractivity contribution is -0.150. The molecule has 0 aromatic rings. The summed E-state index contributed by atoms with van der Waals surface area (Å²) in [5.41, 5.74) is 0. The number of esters is 2. The molecule has 0 rings (SSSR count). The van der Waals surface area contributed by atoms with Crippen LogP contribution in [0.25, 0.3) is 0 Å². The minimum Gasteiger partial charge on any atom is -0.466 e. The standard InChI is InChI=1S/C40H70O4/c1-3-5-7-9-11-13-15-17-19-21-23-25-27-29-31-33-37-43-39(41)35-36-40(42)44-38-34-32-30-28-26-24-22-20-18-16-14-12-10-8-6-4-2/h11-14,17-20H,3-10,15-16,21-38H2,1-2H3/b13-11-,14-12-,19-17-,20-18-. The first-order valence-electron chi connectivity index (χ1n) is 18.6. The number of carbonyl (C=O) groups is 2. The monoisotopic (exact) mass is 615 g/mol. The van der Waals surface area contributed by atoms with Crippen LogP contribution in [-0.2, 0) is 19.1 Å². The Morgan fingerprint density at radius 1 is 0.386 bits per heavy atom. The summed E-state index contributed by atoms with van der Waals surface area (Å²) in [5, 5.41) is 0. The van der Waals surface area contributed by atoms with Crippen molar-refractivity contribution in [3.8, 4) is 0 Å². The minimum absolute atomic E-state index is 0.116. The summed E-state index contributed by atoms with van der Waals surface area (Å²) in [6.45, 7) is 5.40. The Balaban J connectivity index is 3.38. The summed E-state index contributed by atoms with van der Waals surface area (Å²) in [7, 11) is 0. The molecule has 0 aromatic heterocycles. The Morgan fingerprint density at radius 2 is 0.682 bits per heavy atom. The predicted molar refractivity (Wildman–Crippen MR) is 190 cm³/mol. The Morgan fingerprint density at radius 3 is 1.02 bits per heavy atom. The van der Waals surface area contributed by atoms with Crippen molar-refractivity contribution in [2.24, 2.45) is 0 Å². The Hall–Kier alpha value is -2.10. The summed E-state index contributed by atoms with van der Waals surface area (Å²) in [6.07, 6.45) is 47.2. The Labute approximate surface area is 273 Å². The van der Waals surface area contributed by atoms with Crippen molar-refractivity contribution in [1.29, 1.82) is 0 Å². The highest BCUT2D eigenvalue weighted by Gasteiger charge is 2.09. The number of allylic oxidation sites excluding steroid dienone is 8. The zero-order valence-corrected chi connectivity index (χ0v) is 29.1. The third-order valence-electron chi connectivity index (χ3n) is 7.75. The molecule has 4 nitrogen and oxygen atoms in total. The van der Waals surface area contributed by atoms with E-state index in [1.807, 2.05) is 0 Å². The predicted octanol–water partition coefficient (Wildman–Crippen LogP) is 12.5. The largest absolute Gasteiger partial charge is 0.466 e. The summed E-state index contributed by atoms with van der Waals surface area (Å²) < 4.78 is 10.6. The molecule has 0 atom stereocenters. The Bertz CT molecular complexity index is 672. The van der Waals surface area contributed by atoms with Crippen molar-refractivity contribution in [2.75, 3.05) is 13.2 Å². The van der Waals surface area contributed by atoms with Gasteiger partial charge in [0.2, 0.25) is 0 Å². The van der Waals surface area contributed by atoms with Crippen molar-refractivity contribution in [3.63, 3.8) is 0 Å². The molecule has 0 N–H and O–H groups in total. The summed E-state index contributed by atoms with van der Waals surface area (Å²) in [6, 6.07) is 0. The van der Waals surface area contributed by atoms with E-state index in [0.717, 1.165) is 38.5 Å². The van der Waals surface area contributed by atoms with Crippen LogP contribution in [0, 0.1) is 0 Å². The summed E-state index contributed by atoms with van der Waals surface area (Å²) >= 11 is 0. The van der Waals surface area contributed by atoms with Gasteiger partial charge in [0.1, 0.15) is 0 Å². The second-order valence-corrected chi connectivity index (χ2v) is 12.1. The average Bonchev–Trinajstić information content (AvgIpc) is 3.03. The molecule has 0 fully saturated rings. The topological polar surface area (TPSA) is 52.6 Å². The van der Waals surface area contributed by atoms with Crippen molar-refractivity contribution < 1.29 is 19.1 Å². The van der Waals surface area contributed by atoms with E-state index in [9.17, 15) is 9.59 Å². The smallest absolute Gasteiger partial charge is 0.306 e. The first-order chi connectivity index (χ1) is 21.7. The highest BCUT2D eigenvalue weighted by Crippen LogP contribution is 2.10. The van der Waals surface area contributed by atoms with Gasteiger partial charge in [0.25, 0.3) is 0 Å². The maximum atomic E-state index is 11.9. The van der Waals surface area contributed by atoms with Crippen LogP contribution in [0.15, 0.2) is 48.6 Å². The van der Waals surface area contributed by atoms with Crippen LogP contribution in [0.5, 0.6) is 0 Å². The maximum absolute atomic E-state index is 11.9. The van der Waals surface area contributed by atoms with Gasteiger partial charge in [-0.15, -0.1) is 0 Å². The number of ether oxygens (including phenoxy) is 2. The normalized spacial score (nSPS) is 12.0. The molecule has 0 radical (unpaired) electrons. The number of carbonyl (C=O) groups excluding carboxylic acids is 2. The van der Waals surface area contributed by atoms with Gasteiger partial charge in [-0.25, -0.2) is 0 Å². The van der Waals surface area contributed by atoms with Crippen molar-refractivity contribution in [2.45, 2.75) is 181 Å². The van der Waals surface area contributed by atoms with E-state index in [1.54, 1.807) is 0 Å². The highest BCUT2D eigenvalue weighted by atomic mass is 16.5. The molecular weight excluding hydrogens is 544 g/mol. The lowest BCUT2D eigenvalue weighted by Crippen LogP contribution is -2.11. The van der Waals surface area contributed by atoms with E-state index in [4.69, 9.17) is 9.47 Å². The molecule has 0 aromatic carbocycles. The third kappa shape index (κ3) is 36.1. The molecule has 0 heterocycles. The fourth-order valence-electron chi connectivity index (χ4n) is 4.90. The van der Waals surface area contributed by atoms with E-state index in [2.05, 4.69) is 62.5 Å². The first kappa shape index (κ1) is 41.9. The van der Waals surface area contributed by atoms with Gasteiger partial charge < -0.3 is 9.47 Å². The number of hydrogen-bond donors (Lipinski definition) is 0. The van der Waals surface area contributed by atoms with Crippen molar-refractivity contribution in [1.82, 2.24) is 0 Å². The van der Waals surface area contributed by atoms with Gasteiger partial charge in [-0.3, -0.25) is 9.59 Å². The first-order valence-corrected chi connectivity index (χ1v) is 18.6. The molecular formula is C40H70O4. The van der Waals surface area contributed by atoms with E-state index >= 15 is 0 Å². The molecule has 0 aliphatic carbocycles. The average molecular weight is 615 g/mol. The zero-order valence-electron chi connectivity index (χ0n) is 29.1. The second-order valence-electron chi connectivity index (χ2n) is 12.1. The third-order valence-corrected chi connectivity index (χ3v) is 7.75. The van der Waals surface area contributed by atoms with Gasteiger partial charge in [0.15, 0.2) is 0 Å². The number of hydrogen-bond acceptors (Lipinski definition) is 4. The van der Waals surface area contributed by atoms with E-state index in [-0.39, 0.29) is 24.8 Å². The minimum atomic E-state index is -0.293. The van der Waals surface area contributed by atoms with Crippen LogP contribution in [0.2, 0.25) is 0 Å². The van der Waals surface area contributed by atoms with Gasteiger partial charge in [0.05, 0.1) is 26.1 Å². The summed E-state index contributed by atoms with van der Waals surface area (Å²) in [4.78, 5) is 23.8. The molecule has 0 aliphatic rings. The zero-order chi connectivity index (χ0) is 32.0. The maximum Gasteiger partial charge on any atom is 0.306 e. The van der Waals surface area contributed by atoms with Crippen molar-refractivity contribution >= 4 is 11.9 Å². The number of rotatable bonds is 33. The highest BCUT2D eigenvalue weighted by molar-refractivity contribution is 5.77. The molecule has 0 aliphatic heterocycles. The molecule has 0 spiro atoms. The van der Waals surface area contributed by atoms with Crippen LogP contribution in [-0.4, -0.2) is 25.2 Å². The lowest BCUT2D eigenvalue weighted by Gasteiger charge is -2.06.